The molecule has 0 aliphatic carbocycles. The summed E-state index contributed by atoms with van der Waals surface area (Å²) in [5, 5.41) is 0. The fourth-order valence-corrected chi connectivity index (χ4v) is 2.93. The predicted octanol–water partition coefficient (Wildman–Crippen LogP) is 3.06. The van der Waals surface area contributed by atoms with Gasteiger partial charge >= 0.3 is 5.69 Å². The van der Waals surface area contributed by atoms with Crippen LogP contribution in [0.5, 0.6) is 5.75 Å². The van der Waals surface area contributed by atoms with Gasteiger partial charge in [-0.1, -0.05) is 36.4 Å². The van der Waals surface area contributed by atoms with Crippen LogP contribution < -0.4 is 16.0 Å². The van der Waals surface area contributed by atoms with Gasteiger partial charge in [0.1, 0.15) is 12.4 Å². The van der Waals surface area contributed by atoms with Gasteiger partial charge in [0.05, 0.1) is 13.1 Å². The lowest BCUT2D eigenvalue weighted by Gasteiger charge is -2.13. The van der Waals surface area contributed by atoms with Gasteiger partial charge in [0.2, 0.25) is 0 Å². The van der Waals surface area contributed by atoms with E-state index in [9.17, 15) is 9.59 Å². The highest BCUT2D eigenvalue weighted by molar-refractivity contribution is 5.33. The topological polar surface area (TPSA) is 53.2 Å². The molecule has 1 aromatic heterocycles. The summed E-state index contributed by atoms with van der Waals surface area (Å²) in [5.74, 6) is 0.778. The fourth-order valence-electron chi connectivity index (χ4n) is 2.93. The zero-order valence-corrected chi connectivity index (χ0v) is 15.9. The lowest BCUT2D eigenvalue weighted by Crippen LogP contribution is -2.41. The fraction of sp³-hybridized carbons (Fsp3) is 0.273. The molecule has 0 aliphatic rings. The minimum absolute atomic E-state index is 0.254. The molecule has 0 fully saturated rings. The molecule has 5 nitrogen and oxygen atoms in total. The van der Waals surface area contributed by atoms with Crippen molar-refractivity contribution in [1.82, 2.24) is 9.13 Å². The van der Waals surface area contributed by atoms with Crippen molar-refractivity contribution in [3.05, 3.63) is 97.8 Å². The lowest BCUT2D eigenvalue weighted by atomic mass is 10.1. The molecule has 0 N–H and O–H groups in total. The summed E-state index contributed by atoms with van der Waals surface area (Å²) >= 11 is 0. The molecule has 5 heteroatoms. The van der Waals surface area contributed by atoms with Gasteiger partial charge in [-0.25, -0.2) is 4.79 Å². The van der Waals surface area contributed by atoms with Crippen molar-refractivity contribution >= 4 is 0 Å². The Balaban J connectivity index is 1.78. The molecule has 0 saturated heterocycles. The van der Waals surface area contributed by atoms with Crippen LogP contribution in [0.1, 0.15) is 22.3 Å². The predicted molar refractivity (Wildman–Crippen MR) is 107 cm³/mol. The summed E-state index contributed by atoms with van der Waals surface area (Å²) < 4.78 is 8.60. The minimum Gasteiger partial charge on any atom is -0.492 e. The summed E-state index contributed by atoms with van der Waals surface area (Å²) in [4.78, 5) is 25.2. The van der Waals surface area contributed by atoms with E-state index >= 15 is 0 Å². The molecule has 0 bridgehead atoms. The van der Waals surface area contributed by atoms with Crippen molar-refractivity contribution in [2.75, 3.05) is 6.61 Å². The summed E-state index contributed by atoms with van der Waals surface area (Å²) in [5.41, 5.74) is 3.25. The molecule has 3 aromatic rings. The van der Waals surface area contributed by atoms with Crippen LogP contribution in [-0.4, -0.2) is 15.7 Å². The Morgan fingerprint density at radius 2 is 1.63 bits per heavy atom. The Hall–Kier alpha value is -3.08. The normalized spacial score (nSPS) is 10.8. The van der Waals surface area contributed by atoms with E-state index in [1.165, 1.54) is 10.1 Å². The third-order valence-corrected chi connectivity index (χ3v) is 4.67. The van der Waals surface area contributed by atoms with E-state index < -0.39 is 0 Å². The monoisotopic (exact) mass is 364 g/mol. The maximum absolute atomic E-state index is 12.8. The van der Waals surface area contributed by atoms with Gasteiger partial charge in [0.15, 0.2) is 0 Å². The van der Waals surface area contributed by atoms with Crippen LogP contribution >= 0.6 is 0 Å². The van der Waals surface area contributed by atoms with Crippen LogP contribution in [0.15, 0.2) is 64.3 Å². The molecule has 0 aliphatic heterocycles. The van der Waals surface area contributed by atoms with Gasteiger partial charge in [0.25, 0.3) is 5.56 Å². The average molecular weight is 364 g/mol. The van der Waals surface area contributed by atoms with Gasteiger partial charge in [-0.3, -0.25) is 13.9 Å². The van der Waals surface area contributed by atoms with E-state index in [-0.39, 0.29) is 17.8 Å². The Bertz CT molecular complexity index is 1050. The number of hydrogen-bond donors (Lipinski definition) is 0. The maximum Gasteiger partial charge on any atom is 0.331 e. The second-order valence-electron chi connectivity index (χ2n) is 6.76. The quantitative estimate of drug-likeness (QED) is 0.675. The molecule has 0 radical (unpaired) electrons. The van der Waals surface area contributed by atoms with E-state index in [2.05, 4.69) is 6.92 Å². The third-order valence-electron chi connectivity index (χ3n) is 4.67. The Kier molecular flexibility index (Phi) is 5.60. The van der Waals surface area contributed by atoms with Crippen LogP contribution in [0.25, 0.3) is 0 Å². The van der Waals surface area contributed by atoms with Crippen LogP contribution in [-0.2, 0) is 13.1 Å². The second kappa shape index (κ2) is 8.08. The smallest absolute Gasteiger partial charge is 0.331 e. The molecule has 140 valence electrons. The number of hydrogen-bond acceptors (Lipinski definition) is 3. The molecule has 0 spiro atoms. The zero-order valence-electron chi connectivity index (χ0n) is 15.9. The molecule has 1 heterocycles. The molecule has 0 amide bonds. The molecular weight excluding hydrogens is 340 g/mol. The molecule has 27 heavy (non-hydrogen) atoms. The molecule has 3 rings (SSSR count). The lowest BCUT2D eigenvalue weighted by molar-refractivity contribution is 0.293. The second-order valence-corrected chi connectivity index (χ2v) is 6.76. The first-order valence-corrected chi connectivity index (χ1v) is 9.00. The van der Waals surface area contributed by atoms with Crippen LogP contribution in [0, 0.1) is 20.8 Å². The SMILES string of the molecule is Cc1ccc(OCCn2cc(C)c(=O)n(Cc3ccccc3)c2=O)cc1C. The van der Waals surface area contributed by atoms with E-state index in [4.69, 9.17) is 4.74 Å². The number of aromatic nitrogens is 2. The Morgan fingerprint density at radius 1 is 0.889 bits per heavy atom. The van der Waals surface area contributed by atoms with Gasteiger partial charge in [-0.05, 0) is 49.6 Å². The largest absolute Gasteiger partial charge is 0.492 e. The molecule has 0 unspecified atom stereocenters. The van der Waals surface area contributed by atoms with Crippen molar-refractivity contribution in [1.29, 1.82) is 0 Å². The van der Waals surface area contributed by atoms with Crippen molar-refractivity contribution in [2.45, 2.75) is 33.9 Å². The highest BCUT2D eigenvalue weighted by Gasteiger charge is 2.09. The van der Waals surface area contributed by atoms with Gasteiger partial charge in [-0.2, -0.15) is 0 Å². The average Bonchev–Trinajstić information content (AvgIpc) is 2.66. The van der Waals surface area contributed by atoms with Gasteiger partial charge < -0.3 is 4.74 Å². The van der Waals surface area contributed by atoms with Crippen molar-refractivity contribution in [2.24, 2.45) is 0 Å². The van der Waals surface area contributed by atoms with Crippen molar-refractivity contribution in [3.63, 3.8) is 0 Å². The van der Waals surface area contributed by atoms with E-state index in [1.54, 1.807) is 17.7 Å². The first-order valence-electron chi connectivity index (χ1n) is 9.00. The first kappa shape index (κ1) is 18.7. The summed E-state index contributed by atoms with van der Waals surface area (Å²) in [6.07, 6.45) is 1.61. The van der Waals surface area contributed by atoms with Crippen LogP contribution in [0.4, 0.5) is 0 Å². The zero-order chi connectivity index (χ0) is 19.4. The Morgan fingerprint density at radius 3 is 2.33 bits per heavy atom. The van der Waals surface area contributed by atoms with Crippen molar-refractivity contribution in [3.8, 4) is 5.75 Å². The summed E-state index contributed by atoms with van der Waals surface area (Å²) in [6.45, 7) is 6.81. The highest BCUT2D eigenvalue weighted by atomic mass is 16.5. The number of rotatable bonds is 6. The van der Waals surface area contributed by atoms with Crippen LogP contribution in [0.3, 0.4) is 0 Å². The molecule has 2 aromatic carbocycles. The molecule has 0 atom stereocenters. The van der Waals surface area contributed by atoms with Crippen molar-refractivity contribution < 1.29 is 4.74 Å². The van der Waals surface area contributed by atoms with Crippen LogP contribution in [0.2, 0.25) is 0 Å². The van der Waals surface area contributed by atoms with E-state index in [0.29, 0.717) is 18.7 Å². The Labute approximate surface area is 158 Å². The third kappa shape index (κ3) is 4.37. The molecule has 0 saturated carbocycles. The number of ether oxygens (including phenoxy) is 1. The van der Waals surface area contributed by atoms with Gasteiger partial charge in [0, 0.05) is 11.8 Å². The number of aryl methyl sites for hydroxylation is 3. The minimum atomic E-state index is -0.321. The van der Waals surface area contributed by atoms with Gasteiger partial charge in [-0.15, -0.1) is 0 Å². The summed E-state index contributed by atoms with van der Waals surface area (Å²) in [7, 11) is 0. The highest BCUT2D eigenvalue weighted by Crippen LogP contribution is 2.16. The standard InChI is InChI=1S/C22H24N2O3/c1-16-9-10-20(13-17(16)2)27-12-11-23-14-18(3)21(25)24(22(23)26)15-19-7-5-4-6-8-19/h4-10,13-14H,11-12,15H2,1-3H3. The number of benzene rings is 2. The van der Waals surface area contributed by atoms with E-state index in [0.717, 1.165) is 16.9 Å². The molecular formula is C22H24N2O3. The first-order chi connectivity index (χ1) is 13.0. The van der Waals surface area contributed by atoms with E-state index in [1.807, 2.05) is 55.5 Å². The maximum atomic E-state index is 12.8. The summed E-state index contributed by atoms with van der Waals surface area (Å²) in [6, 6.07) is 15.4. The number of nitrogens with zero attached hydrogens (tertiary/aromatic N) is 2.